The summed E-state index contributed by atoms with van der Waals surface area (Å²) in [5, 5.41) is 15.7. The first-order valence-corrected chi connectivity index (χ1v) is 15.0. The Balaban J connectivity index is 1.41. The number of esters is 1. The molecule has 5 nitrogen and oxygen atoms in total. The largest absolute Gasteiger partial charge is 0.466 e. The van der Waals surface area contributed by atoms with Gasteiger partial charge in [0.05, 0.1) is 12.2 Å². The number of rotatable bonds is 14. The predicted octanol–water partition coefficient (Wildman–Crippen LogP) is 6.32. The van der Waals surface area contributed by atoms with E-state index in [2.05, 4.69) is 70.9 Å². The van der Waals surface area contributed by atoms with Crippen molar-refractivity contribution >= 4 is 17.6 Å². The maximum Gasteiger partial charge on any atom is 0.305 e. The van der Waals surface area contributed by atoms with Crippen molar-refractivity contribution in [2.24, 2.45) is 0 Å². The number of hydrogen-bond acceptors (Lipinski definition) is 5. The second-order valence-corrected chi connectivity index (χ2v) is 11.3. The second kappa shape index (κ2) is 14.8. The van der Waals surface area contributed by atoms with E-state index in [-0.39, 0.29) is 11.4 Å². The van der Waals surface area contributed by atoms with Crippen LogP contribution in [-0.4, -0.2) is 55.3 Å². The minimum absolute atomic E-state index is 0.133. The fourth-order valence-corrected chi connectivity index (χ4v) is 6.08. The molecule has 214 valence electrons. The predicted molar refractivity (Wildman–Crippen MR) is 163 cm³/mol. The van der Waals surface area contributed by atoms with Gasteiger partial charge in [-0.15, -0.1) is 0 Å². The summed E-state index contributed by atoms with van der Waals surface area (Å²) >= 11 is 6.06. The number of nitrogens with zero attached hydrogens (tertiary/aromatic N) is 1. The smallest absolute Gasteiger partial charge is 0.305 e. The van der Waals surface area contributed by atoms with Crippen LogP contribution in [0, 0.1) is 0 Å². The van der Waals surface area contributed by atoms with E-state index in [9.17, 15) is 9.90 Å². The van der Waals surface area contributed by atoms with E-state index in [0.717, 1.165) is 70.4 Å². The molecular formula is C34H43ClN2O3. The van der Waals surface area contributed by atoms with Gasteiger partial charge in [-0.2, -0.15) is 0 Å². The lowest BCUT2D eigenvalue weighted by Gasteiger charge is -2.40. The molecule has 6 heteroatoms. The normalized spacial score (nSPS) is 15.6. The average Bonchev–Trinajstić information content (AvgIpc) is 2.98. The van der Waals surface area contributed by atoms with Gasteiger partial charge in [-0.1, -0.05) is 84.4 Å². The van der Waals surface area contributed by atoms with Gasteiger partial charge in [0.2, 0.25) is 0 Å². The summed E-state index contributed by atoms with van der Waals surface area (Å²) in [6.07, 6.45) is 4.65. The molecule has 1 aliphatic rings. The Morgan fingerprint density at radius 2 is 1.55 bits per heavy atom. The number of hydrogen-bond donors (Lipinski definition) is 2. The van der Waals surface area contributed by atoms with Crippen molar-refractivity contribution in [2.45, 2.75) is 56.5 Å². The summed E-state index contributed by atoms with van der Waals surface area (Å²) in [5.74, 6) is -0.133. The molecule has 0 aliphatic carbocycles. The van der Waals surface area contributed by atoms with Crippen molar-refractivity contribution in [1.82, 2.24) is 10.2 Å². The summed E-state index contributed by atoms with van der Waals surface area (Å²) < 4.78 is 5.09. The van der Waals surface area contributed by atoms with E-state index in [1.165, 1.54) is 11.1 Å². The maximum absolute atomic E-state index is 11.8. The number of ether oxygens (including phenoxy) is 1. The molecule has 4 rings (SSSR count). The molecule has 0 bridgehead atoms. The monoisotopic (exact) mass is 562 g/mol. The van der Waals surface area contributed by atoms with E-state index >= 15 is 0 Å². The summed E-state index contributed by atoms with van der Waals surface area (Å²) in [4.78, 5) is 14.3. The number of likely N-dealkylation sites (tertiary alicyclic amines) is 1. The number of aliphatic hydroxyl groups is 1. The zero-order chi connectivity index (χ0) is 28.3. The average molecular weight is 563 g/mol. The fourth-order valence-electron chi connectivity index (χ4n) is 5.95. The van der Waals surface area contributed by atoms with Crippen LogP contribution in [0.1, 0.15) is 62.1 Å². The van der Waals surface area contributed by atoms with Crippen LogP contribution in [0.2, 0.25) is 5.02 Å². The Morgan fingerprint density at radius 3 is 2.12 bits per heavy atom. The molecule has 0 saturated carbocycles. The summed E-state index contributed by atoms with van der Waals surface area (Å²) in [5.41, 5.74) is 2.58. The summed E-state index contributed by atoms with van der Waals surface area (Å²) in [6, 6.07) is 29.2. The van der Waals surface area contributed by atoms with E-state index in [4.69, 9.17) is 16.3 Å². The number of carbonyl (C=O) groups excluding carboxylic acids is 1. The molecule has 0 atom stereocenters. The molecular weight excluding hydrogens is 520 g/mol. The Kier molecular flexibility index (Phi) is 11.2. The minimum Gasteiger partial charge on any atom is -0.466 e. The van der Waals surface area contributed by atoms with Crippen molar-refractivity contribution in [2.75, 3.05) is 39.3 Å². The maximum atomic E-state index is 11.8. The number of nitrogens with one attached hydrogen (secondary N) is 1. The van der Waals surface area contributed by atoms with Crippen LogP contribution < -0.4 is 5.32 Å². The molecule has 1 heterocycles. The SMILES string of the molecule is CCOC(=O)CCCNCC(CCCN1CCC(O)(c2ccc(Cl)cc2)CC1)(c1ccccc1)c1ccccc1. The molecule has 0 spiro atoms. The van der Waals surface area contributed by atoms with E-state index in [0.29, 0.717) is 18.1 Å². The van der Waals surface area contributed by atoms with Gasteiger partial charge in [-0.25, -0.2) is 0 Å². The van der Waals surface area contributed by atoms with E-state index in [1.54, 1.807) is 0 Å². The van der Waals surface area contributed by atoms with Gasteiger partial charge in [0.1, 0.15) is 0 Å². The first-order valence-electron chi connectivity index (χ1n) is 14.6. The Morgan fingerprint density at radius 1 is 0.950 bits per heavy atom. The van der Waals surface area contributed by atoms with Gasteiger partial charge in [0, 0.05) is 36.5 Å². The molecule has 0 aromatic heterocycles. The first-order chi connectivity index (χ1) is 19.4. The third kappa shape index (κ3) is 7.94. The number of benzene rings is 3. The minimum atomic E-state index is -0.785. The van der Waals surface area contributed by atoms with E-state index in [1.807, 2.05) is 31.2 Å². The van der Waals surface area contributed by atoms with Crippen molar-refractivity contribution < 1.29 is 14.6 Å². The highest BCUT2D eigenvalue weighted by Crippen LogP contribution is 2.38. The molecule has 1 aliphatic heterocycles. The molecule has 2 N–H and O–H groups in total. The fraction of sp³-hybridized carbons (Fsp3) is 0.441. The molecule has 0 radical (unpaired) electrons. The van der Waals surface area contributed by atoms with Gasteiger partial charge < -0.3 is 20.1 Å². The van der Waals surface area contributed by atoms with Gasteiger partial charge in [-0.05, 0) is 80.9 Å². The van der Waals surface area contributed by atoms with Crippen LogP contribution in [-0.2, 0) is 20.5 Å². The van der Waals surface area contributed by atoms with E-state index < -0.39 is 5.60 Å². The van der Waals surface area contributed by atoms with Gasteiger partial charge in [0.15, 0.2) is 0 Å². The van der Waals surface area contributed by atoms with Gasteiger partial charge in [0.25, 0.3) is 0 Å². The number of halogens is 1. The molecule has 0 amide bonds. The third-order valence-corrected chi connectivity index (χ3v) is 8.51. The van der Waals surface area contributed by atoms with Crippen molar-refractivity contribution in [3.63, 3.8) is 0 Å². The van der Waals surface area contributed by atoms with Crippen LogP contribution in [0.15, 0.2) is 84.9 Å². The van der Waals surface area contributed by atoms with Crippen molar-refractivity contribution in [1.29, 1.82) is 0 Å². The highest BCUT2D eigenvalue weighted by molar-refractivity contribution is 6.30. The Bertz CT molecular complexity index is 1120. The molecule has 1 saturated heterocycles. The lowest BCUT2D eigenvalue weighted by molar-refractivity contribution is -0.143. The summed E-state index contributed by atoms with van der Waals surface area (Å²) in [7, 11) is 0. The van der Waals surface area contributed by atoms with Crippen LogP contribution in [0.3, 0.4) is 0 Å². The van der Waals surface area contributed by atoms with Crippen LogP contribution >= 0.6 is 11.6 Å². The third-order valence-electron chi connectivity index (χ3n) is 8.26. The topological polar surface area (TPSA) is 61.8 Å². The molecule has 1 fully saturated rings. The summed E-state index contributed by atoms with van der Waals surface area (Å²) in [6.45, 7) is 6.55. The molecule has 3 aromatic rings. The van der Waals surface area contributed by atoms with Crippen LogP contribution in [0.25, 0.3) is 0 Å². The Labute approximate surface area is 244 Å². The van der Waals surface area contributed by atoms with Gasteiger partial charge in [-0.3, -0.25) is 4.79 Å². The molecule has 40 heavy (non-hydrogen) atoms. The van der Waals surface area contributed by atoms with Crippen molar-refractivity contribution in [3.8, 4) is 0 Å². The second-order valence-electron chi connectivity index (χ2n) is 10.9. The highest BCUT2D eigenvalue weighted by atomic mass is 35.5. The van der Waals surface area contributed by atoms with Crippen LogP contribution in [0.5, 0.6) is 0 Å². The van der Waals surface area contributed by atoms with Crippen molar-refractivity contribution in [3.05, 3.63) is 107 Å². The number of carbonyl (C=O) groups is 1. The van der Waals surface area contributed by atoms with Crippen LogP contribution in [0.4, 0.5) is 0 Å². The Hall–Kier alpha value is -2.70. The lowest BCUT2D eigenvalue weighted by atomic mass is 9.71. The zero-order valence-electron chi connectivity index (χ0n) is 23.7. The number of piperidine rings is 1. The quantitative estimate of drug-likeness (QED) is 0.178. The first kappa shape index (κ1) is 30.3. The lowest BCUT2D eigenvalue weighted by Crippen LogP contribution is -2.44. The highest BCUT2D eigenvalue weighted by Gasteiger charge is 2.36. The molecule has 0 unspecified atom stereocenters. The zero-order valence-corrected chi connectivity index (χ0v) is 24.4. The molecule has 3 aromatic carbocycles. The standard InChI is InChI=1S/C34H43ClN2O3/c1-2-40-32(38)15-9-23-36-27-33(28-11-5-3-6-12-28,29-13-7-4-8-14-29)20-10-24-37-25-21-34(39,22-26-37)30-16-18-31(35)19-17-30/h3-8,11-14,16-19,36,39H,2,9-10,15,20-27H2,1H3. The van der Waals surface area contributed by atoms with Gasteiger partial charge >= 0.3 is 5.97 Å².